The topological polar surface area (TPSA) is 103 Å². The molecule has 11 heteroatoms. The molecule has 0 aromatic heterocycles. The number of nitrogens with one attached hydrogen (secondary N) is 4. The summed E-state index contributed by atoms with van der Waals surface area (Å²) in [6.07, 6.45) is -2.20. The molecule has 3 aliphatic heterocycles. The van der Waals surface area contributed by atoms with Gasteiger partial charge in [-0.05, 0) is 31.4 Å². The van der Waals surface area contributed by atoms with E-state index in [0.717, 1.165) is 44.4 Å². The van der Waals surface area contributed by atoms with Gasteiger partial charge in [-0.2, -0.15) is 13.2 Å². The fourth-order valence-electron chi connectivity index (χ4n) is 5.10. The first-order valence-electron chi connectivity index (χ1n) is 11.3. The summed E-state index contributed by atoms with van der Waals surface area (Å²) in [6, 6.07) is 4.91. The van der Waals surface area contributed by atoms with Crippen molar-refractivity contribution in [3.8, 4) is 0 Å². The number of alkyl halides is 3. The molecule has 0 aliphatic carbocycles. The molecular weight excluding hydrogens is 439 g/mol. The zero-order chi connectivity index (χ0) is 23.8. The molecule has 1 aromatic rings. The predicted molar refractivity (Wildman–Crippen MR) is 113 cm³/mol. The van der Waals surface area contributed by atoms with Gasteiger partial charge in [0.05, 0.1) is 29.3 Å². The molecule has 33 heavy (non-hydrogen) atoms. The van der Waals surface area contributed by atoms with Crippen molar-refractivity contribution in [2.75, 3.05) is 11.9 Å². The van der Waals surface area contributed by atoms with Gasteiger partial charge in [-0.3, -0.25) is 24.6 Å². The van der Waals surface area contributed by atoms with Gasteiger partial charge in [0.1, 0.15) is 6.29 Å². The van der Waals surface area contributed by atoms with E-state index in [1.54, 1.807) is 0 Å². The molecule has 3 heterocycles. The van der Waals surface area contributed by atoms with Crippen molar-refractivity contribution < 1.29 is 27.6 Å². The van der Waals surface area contributed by atoms with Gasteiger partial charge in [-0.15, -0.1) is 0 Å². The number of likely N-dealkylation sites (tertiary alicyclic amines) is 1. The van der Waals surface area contributed by atoms with Crippen LogP contribution in [0.25, 0.3) is 0 Å². The number of piperidine rings is 2. The van der Waals surface area contributed by atoms with Crippen molar-refractivity contribution in [3.05, 3.63) is 29.8 Å². The lowest BCUT2D eigenvalue weighted by molar-refractivity contribution is -0.148. The van der Waals surface area contributed by atoms with Crippen LogP contribution in [0, 0.1) is 11.8 Å². The minimum absolute atomic E-state index is 0.283. The number of halogens is 3. The zero-order valence-corrected chi connectivity index (χ0v) is 18.2. The van der Waals surface area contributed by atoms with Crippen molar-refractivity contribution in [3.63, 3.8) is 0 Å². The highest BCUT2D eigenvalue weighted by Crippen LogP contribution is 2.36. The number of carbonyl (C=O) groups is 3. The number of anilines is 1. The molecule has 4 rings (SSSR count). The van der Waals surface area contributed by atoms with Gasteiger partial charge in [0, 0.05) is 19.0 Å². The number of amides is 3. The minimum atomic E-state index is -4.66. The molecule has 0 radical (unpaired) electrons. The van der Waals surface area contributed by atoms with Gasteiger partial charge < -0.3 is 16.0 Å². The first kappa shape index (κ1) is 23.5. The highest BCUT2D eigenvalue weighted by molar-refractivity contribution is 6.00. The minimum Gasteiger partial charge on any atom is -0.340 e. The lowest BCUT2D eigenvalue weighted by Gasteiger charge is -2.49. The van der Waals surface area contributed by atoms with Crippen LogP contribution in [0.3, 0.4) is 0 Å². The quantitative estimate of drug-likeness (QED) is 0.543. The van der Waals surface area contributed by atoms with Crippen LogP contribution in [0.1, 0.15) is 44.6 Å². The molecule has 3 aliphatic rings. The number of nitrogens with zero attached hydrogens (tertiary/aromatic N) is 1. The second-order valence-corrected chi connectivity index (χ2v) is 8.79. The Balaban J connectivity index is 1.53. The van der Waals surface area contributed by atoms with Crippen molar-refractivity contribution >= 4 is 23.4 Å². The van der Waals surface area contributed by atoms with Gasteiger partial charge in [-0.1, -0.05) is 25.5 Å². The van der Waals surface area contributed by atoms with Crippen molar-refractivity contribution in [1.82, 2.24) is 20.9 Å². The highest BCUT2D eigenvalue weighted by Gasteiger charge is 2.50. The Morgan fingerprint density at radius 2 is 1.94 bits per heavy atom. The second-order valence-electron chi connectivity index (χ2n) is 8.79. The highest BCUT2D eigenvalue weighted by atomic mass is 19.4. The number of rotatable bonds is 4. The molecule has 3 saturated heterocycles. The monoisotopic (exact) mass is 467 g/mol. The summed E-state index contributed by atoms with van der Waals surface area (Å²) in [5.41, 5.74) is -1.39. The van der Waals surface area contributed by atoms with E-state index in [4.69, 9.17) is 0 Å². The van der Waals surface area contributed by atoms with E-state index in [0.29, 0.717) is 0 Å². The second kappa shape index (κ2) is 9.30. The van der Waals surface area contributed by atoms with Crippen LogP contribution in [0.15, 0.2) is 24.3 Å². The standard InChI is InChI=1S/C22H28F3N5O3/c1-2-12-7-5-6-10-30(12)21-28-18-17(20(33)29-21)13(11-16(31)27-18)19(32)26-15-9-4-3-8-14(15)22(23,24)25/h3-4,8-9,12-13,17-18,21,28H,2,5-7,10-11H2,1H3,(H,26,32)(H,27,31)(H,29,33). The molecule has 3 amide bonds. The third kappa shape index (κ3) is 4.84. The van der Waals surface area contributed by atoms with Crippen molar-refractivity contribution in [1.29, 1.82) is 0 Å². The van der Waals surface area contributed by atoms with Crippen LogP contribution in [-0.4, -0.2) is 47.7 Å². The summed E-state index contributed by atoms with van der Waals surface area (Å²) in [5, 5.41) is 11.2. The van der Waals surface area contributed by atoms with Gasteiger partial charge in [0.25, 0.3) is 0 Å². The van der Waals surface area contributed by atoms with E-state index in [-0.39, 0.29) is 12.5 Å². The van der Waals surface area contributed by atoms with E-state index in [2.05, 4.69) is 33.1 Å². The maximum Gasteiger partial charge on any atom is 0.418 e. The Morgan fingerprint density at radius 1 is 1.18 bits per heavy atom. The van der Waals surface area contributed by atoms with E-state index >= 15 is 0 Å². The SMILES string of the molecule is CCC1CCCCN1C1NC(=O)C2C(NC(=O)CC2C(=O)Nc2ccccc2C(F)(F)F)N1. The Labute approximate surface area is 189 Å². The molecule has 180 valence electrons. The van der Waals surface area contributed by atoms with Crippen molar-refractivity contribution in [2.24, 2.45) is 11.8 Å². The predicted octanol–water partition coefficient (Wildman–Crippen LogP) is 1.99. The molecule has 8 nitrogen and oxygen atoms in total. The van der Waals surface area contributed by atoms with Crippen LogP contribution in [0.2, 0.25) is 0 Å². The number of fused-ring (bicyclic) bond motifs is 1. The fraction of sp³-hybridized carbons (Fsp3) is 0.591. The molecule has 5 atom stereocenters. The Kier molecular flexibility index (Phi) is 6.62. The van der Waals surface area contributed by atoms with Crippen molar-refractivity contribution in [2.45, 2.75) is 63.7 Å². The molecule has 1 aromatic carbocycles. The molecule has 0 spiro atoms. The van der Waals surface area contributed by atoms with Crippen LogP contribution in [0.4, 0.5) is 18.9 Å². The molecule has 4 N–H and O–H groups in total. The van der Waals surface area contributed by atoms with E-state index < -0.39 is 59.4 Å². The maximum absolute atomic E-state index is 13.3. The molecule has 0 saturated carbocycles. The molecule has 5 unspecified atom stereocenters. The van der Waals surface area contributed by atoms with Gasteiger partial charge in [0.15, 0.2) is 0 Å². The average Bonchev–Trinajstić information content (AvgIpc) is 2.77. The Morgan fingerprint density at radius 3 is 2.67 bits per heavy atom. The fourth-order valence-corrected chi connectivity index (χ4v) is 5.10. The first-order valence-corrected chi connectivity index (χ1v) is 11.3. The summed E-state index contributed by atoms with van der Waals surface area (Å²) < 4.78 is 40.0. The van der Waals surface area contributed by atoms with E-state index in [1.165, 1.54) is 12.1 Å². The number of hydrogen-bond donors (Lipinski definition) is 4. The van der Waals surface area contributed by atoms with Crippen LogP contribution >= 0.6 is 0 Å². The maximum atomic E-state index is 13.3. The number of carbonyl (C=O) groups excluding carboxylic acids is 3. The molecule has 0 bridgehead atoms. The molecular formula is C22H28F3N5O3. The number of benzene rings is 1. The number of hydrogen-bond acceptors (Lipinski definition) is 5. The molecule has 3 fully saturated rings. The summed E-state index contributed by atoms with van der Waals surface area (Å²) in [6.45, 7) is 2.87. The lowest BCUT2D eigenvalue weighted by Crippen LogP contribution is -2.75. The third-order valence-electron chi connectivity index (χ3n) is 6.74. The smallest absolute Gasteiger partial charge is 0.340 e. The third-order valence-corrected chi connectivity index (χ3v) is 6.74. The van der Waals surface area contributed by atoms with E-state index in [9.17, 15) is 27.6 Å². The van der Waals surface area contributed by atoms with Crippen LogP contribution < -0.4 is 21.3 Å². The summed E-state index contributed by atoms with van der Waals surface area (Å²) >= 11 is 0. The van der Waals surface area contributed by atoms with E-state index in [1.807, 2.05) is 0 Å². The Bertz CT molecular complexity index is 925. The average molecular weight is 467 g/mol. The summed E-state index contributed by atoms with van der Waals surface area (Å²) in [5.74, 6) is -3.69. The zero-order valence-electron chi connectivity index (χ0n) is 18.2. The normalized spacial score (nSPS) is 30.7. The van der Waals surface area contributed by atoms with Crippen LogP contribution in [0.5, 0.6) is 0 Å². The van der Waals surface area contributed by atoms with Gasteiger partial charge in [-0.25, -0.2) is 0 Å². The van der Waals surface area contributed by atoms with Crippen LogP contribution in [-0.2, 0) is 20.6 Å². The lowest BCUT2D eigenvalue weighted by atomic mass is 9.80. The largest absolute Gasteiger partial charge is 0.418 e. The summed E-state index contributed by atoms with van der Waals surface area (Å²) in [4.78, 5) is 40.6. The van der Waals surface area contributed by atoms with Gasteiger partial charge >= 0.3 is 6.18 Å². The number of para-hydroxylation sites is 1. The summed E-state index contributed by atoms with van der Waals surface area (Å²) in [7, 11) is 0. The van der Waals surface area contributed by atoms with Gasteiger partial charge in [0.2, 0.25) is 17.7 Å². The Hall–Kier alpha value is -2.66. The first-order chi connectivity index (χ1) is 15.7.